The number of carbonyl (C=O) groups excluding carboxylic acids is 2. The molecule has 1 aliphatic heterocycles. The molecular formula is C8H15N3O2. The fourth-order valence-corrected chi connectivity index (χ4v) is 1.13. The van der Waals surface area contributed by atoms with Crippen LogP contribution in [0, 0.1) is 5.92 Å². The maximum absolute atomic E-state index is 11.2. The van der Waals surface area contributed by atoms with E-state index in [9.17, 15) is 9.59 Å². The maximum Gasteiger partial charge on any atom is 0.239 e. The summed E-state index contributed by atoms with van der Waals surface area (Å²) in [7, 11) is 0. The molecule has 1 fully saturated rings. The Hall–Kier alpha value is -1.10. The number of nitrogens with one attached hydrogen (secondary N) is 2. The van der Waals surface area contributed by atoms with Crippen molar-refractivity contribution in [2.75, 3.05) is 13.1 Å². The van der Waals surface area contributed by atoms with Crippen molar-refractivity contribution in [3.63, 3.8) is 0 Å². The molecule has 1 atom stereocenters. The van der Waals surface area contributed by atoms with Crippen LogP contribution in [0.5, 0.6) is 0 Å². The van der Waals surface area contributed by atoms with Crippen LogP contribution in [0.2, 0.25) is 0 Å². The smallest absolute Gasteiger partial charge is 0.239 e. The van der Waals surface area contributed by atoms with Crippen molar-refractivity contribution < 1.29 is 9.59 Å². The van der Waals surface area contributed by atoms with Crippen LogP contribution in [-0.4, -0.2) is 30.9 Å². The van der Waals surface area contributed by atoms with Gasteiger partial charge < -0.3 is 16.4 Å². The number of hydrogen-bond donors (Lipinski definition) is 3. The molecule has 74 valence electrons. The van der Waals surface area contributed by atoms with Gasteiger partial charge in [0.1, 0.15) is 6.04 Å². The number of primary amides is 1. The highest BCUT2D eigenvalue weighted by Crippen LogP contribution is 2.07. The van der Waals surface area contributed by atoms with Gasteiger partial charge in [0, 0.05) is 6.42 Å². The second-order valence-electron chi connectivity index (χ2n) is 3.42. The molecular weight excluding hydrogens is 170 g/mol. The normalized spacial score (nSPS) is 18.8. The van der Waals surface area contributed by atoms with Crippen molar-refractivity contribution in [2.45, 2.75) is 19.4 Å². The average molecular weight is 185 g/mol. The summed E-state index contributed by atoms with van der Waals surface area (Å²) >= 11 is 0. The molecule has 0 spiro atoms. The molecule has 5 nitrogen and oxygen atoms in total. The predicted octanol–water partition coefficient (Wildman–Crippen LogP) is -1.41. The highest BCUT2D eigenvalue weighted by Gasteiger charge is 2.21. The Labute approximate surface area is 77.1 Å². The van der Waals surface area contributed by atoms with Gasteiger partial charge in [-0.2, -0.15) is 0 Å². The van der Waals surface area contributed by atoms with Gasteiger partial charge in [-0.3, -0.25) is 9.59 Å². The summed E-state index contributed by atoms with van der Waals surface area (Å²) in [5.41, 5.74) is 5.00. The lowest BCUT2D eigenvalue weighted by molar-refractivity contribution is -0.127. The Morgan fingerprint density at radius 2 is 2.23 bits per heavy atom. The number of nitrogens with two attached hydrogens (primary N) is 1. The molecule has 0 aliphatic carbocycles. The monoisotopic (exact) mass is 185 g/mol. The second-order valence-corrected chi connectivity index (χ2v) is 3.42. The minimum atomic E-state index is -0.569. The fourth-order valence-electron chi connectivity index (χ4n) is 1.13. The largest absolute Gasteiger partial charge is 0.368 e. The Morgan fingerprint density at radius 1 is 1.62 bits per heavy atom. The summed E-state index contributed by atoms with van der Waals surface area (Å²) in [6, 6.07) is -0.569. The van der Waals surface area contributed by atoms with E-state index >= 15 is 0 Å². The molecule has 0 aromatic rings. The van der Waals surface area contributed by atoms with Gasteiger partial charge in [0.05, 0.1) is 0 Å². The Kier molecular flexibility index (Phi) is 3.25. The molecule has 5 heteroatoms. The molecule has 0 saturated carbocycles. The van der Waals surface area contributed by atoms with Gasteiger partial charge in [-0.25, -0.2) is 0 Å². The molecule has 1 rings (SSSR count). The third-order valence-corrected chi connectivity index (χ3v) is 2.14. The van der Waals surface area contributed by atoms with Crippen molar-refractivity contribution in [2.24, 2.45) is 11.7 Å². The summed E-state index contributed by atoms with van der Waals surface area (Å²) < 4.78 is 0. The van der Waals surface area contributed by atoms with Crippen molar-refractivity contribution in [3.05, 3.63) is 0 Å². The summed E-state index contributed by atoms with van der Waals surface area (Å²) in [4.78, 5) is 21.8. The first-order chi connectivity index (χ1) is 6.09. The van der Waals surface area contributed by atoms with Crippen LogP contribution in [0.15, 0.2) is 0 Å². The van der Waals surface area contributed by atoms with Crippen LogP contribution in [0.4, 0.5) is 0 Å². The van der Waals surface area contributed by atoms with E-state index in [0.29, 0.717) is 12.3 Å². The second kappa shape index (κ2) is 4.23. The van der Waals surface area contributed by atoms with Crippen LogP contribution in [0.25, 0.3) is 0 Å². The standard InChI is InChI=1S/C8H15N3O2/c1-5(8(9)13)11-7(12)2-6-3-10-4-6/h5-6,10H,2-4H2,1H3,(H2,9,13)(H,11,12). The first-order valence-corrected chi connectivity index (χ1v) is 4.39. The van der Waals surface area contributed by atoms with Crippen LogP contribution in [-0.2, 0) is 9.59 Å². The molecule has 13 heavy (non-hydrogen) atoms. The fraction of sp³-hybridized carbons (Fsp3) is 0.750. The van der Waals surface area contributed by atoms with Crippen molar-refractivity contribution in [1.29, 1.82) is 0 Å². The van der Waals surface area contributed by atoms with E-state index < -0.39 is 11.9 Å². The van der Waals surface area contributed by atoms with Gasteiger partial charge in [-0.05, 0) is 25.9 Å². The van der Waals surface area contributed by atoms with E-state index in [4.69, 9.17) is 5.73 Å². The summed E-state index contributed by atoms with van der Waals surface area (Å²) in [6.07, 6.45) is 0.477. The zero-order valence-corrected chi connectivity index (χ0v) is 7.67. The van der Waals surface area contributed by atoms with Gasteiger partial charge >= 0.3 is 0 Å². The van der Waals surface area contributed by atoms with E-state index in [1.165, 1.54) is 0 Å². The molecule has 1 saturated heterocycles. The zero-order valence-electron chi connectivity index (χ0n) is 7.67. The Bertz CT molecular complexity index is 213. The zero-order chi connectivity index (χ0) is 9.84. The van der Waals surface area contributed by atoms with Crippen molar-refractivity contribution in [3.8, 4) is 0 Å². The molecule has 0 bridgehead atoms. The molecule has 0 aromatic carbocycles. The molecule has 4 N–H and O–H groups in total. The molecule has 1 heterocycles. The Morgan fingerprint density at radius 3 is 2.62 bits per heavy atom. The highest BCUT2D eigenvalue weighted by atomic mass is 16.2. The number of rotatable bonds is 4. The number of amides is 2. The molecule has 0 radical (unpaired) electrons. The van der Waals surface area contributed by atoms with Crippen molar-refractivity contribution >= 4 is 11.8 Å². The molecule has 0 aromatic heterocycles. The van der Waals surface area contributed by atoms with Crippen molar-refractivity contribution in [1.82, 2.24) is 10.6 Å². The summed E-state index contributed by atoms with van der Waals surface area (Å²) in [5, 5.41) is 5.61. The van der Waals surface area contributed by atoms with Gasteiger partial charge in [-0.15, -0.1) is 0 Å². The molecule has 1 unspecified atom stereocenters. The minimum Gasteiger partial charge on any atom is -0.368 e. The molecule has 2 amide bonds. The predicted molar refractivity (Wildman–Crippen MR) is 47.8 cm³/mol. The average Bonchev–Trinajstić information content (AvgIpc) is 1.96. The first kappa shape index (κ1) is 9.98. The SMILES string of the molecule is CC(NC(=O)CC1CNC1)C(N)=O. The quantitative estimate of drug-likeness (QED) is 0.503. The number of hydrogen-bond acceptors (Lipinski definition) is 3. The van der Waals surface area contributed by atoms with E-state index in [0.717, 1.165) is 13.1 Å². The van der Waals surface area contributed by atoms with Gasteiger partial charge in [-0.1, -0.05) is 0 Å². The maximum atomic E-state index is 11.2. The highest BCUT2D eigenvalue weighted by molar-refractivity contribution is 5.86. The first-order valence-electron chi connectivity index (χ1n) is 4.39. The third-order valence-electron chi connectivity index (χ3n) is 2.14. The van der Waals surface area contributed by atoms with E-state index in [1.807, 2.05) is 0 Å². The van der Waals surface area contributed by atoms with Gasteiger partial charge in [0.2, 0.25) is 11.8 Å². The summed E-state index contributed by atoms with van der Waals surface area (Å²) in [5.74, 6) is -0.182. The van der Waals surface area contributed by atoms with Gasteiger partial charge in [0.15, 0.2) is 0 Å². The number of carbonyl (C=O) groups is 2. The van der Waals surface area contributed by atoms with E-state index in [1.54, 1.807) is 6.92 Å². The minimum absolute atomic E-state index is 0.0993. The lowest BCUT2D eigenvalue weighted by Crippen LogP contribution is -2.47. The lowest BCUT2D eigenvalue weighted by atomic mass is 9.99. The third kappa shape index (κ3) is 3.02. The summed E-state index contributed by atoms with van der Waals surface area (Å²) in [6.45, 7) is 3.36. The van der Waals surface area contributed by atoms with Gasteiger partial charge in [0.25, 0.3) is 0 Å². The van der Waals surface area contributed by atoms with Crippen LogP contribution in [0.1, 0.15) is 13.3 Å². The molecule has 1 aliphatic rings. The topological polar surface area (TPSA) is 84.2 Å². The van der Waals surface area contributed by atoms with E-state index in [-0.39, 0.29) is 5.91 Å². The van der Waals surface area contributed by atoms with Crippen LogP contribution in [0.3, 0.4) is 0 Å². The van der Waals surface area contributed by atoms with E-state index in [2.05, 4.69) is 10.6 Å². The lowest BCUT2D eigenvalue weighted by Gasteiger charge is -2.26. The van der Waals surface area contributed by atoms with Crippen LogP contribution < -0.4 is 16.4 Å². The Balaban J connectivity index is 2.19. The van der Waals surface area contributed by atoms with Crippen LogP contribution >= 0.6 is 0 Å².